The van der Waals surface area contributed by atoms with Gasteiger partial charge in [-0.25, -0.2) is 9.18 Å². The van der Waals surface area contributed by atoms with Crippen LogP contribution in [-0.2, 0) is 4.74 Å². The van der Waals surface area contributed by atoms with E-state index in [4.69, 9.17) is 0 Å². The molecule has 0 aliphatic carbocycles. The molecule has 2 aromatic carbocycles. The summed E-state index contributed by atoms with van der Waals surface area (Å²) in [6.45, 7) is 0. The van der Waals surface area contributed by atoms with E-state index in [1.54, 1.807) is 0 Å². The van der Waals surface area contributed by atoms with E-state index in [1.165, 1.54) is 25.3 Å². The predicted molar refractivity (Wildman–Crippen MR) is 86.5 cm³/mol. The molecule has 0 aromatic heterocycles. The van der Waals surface area contributed by atoms with Gasteiger partial charge in [0.05, 0.1) is 27.8 Å². The average Bonchev–Trinajstić information content (AvgIpc) is 2.56. The van der Waals surface area contributed by atoms with Crippen molar-refractivity contribution in [3.63, 3.8) is 0 Å². The smallest absolute Gasteiger partial charge is 0.337 e. The number of hydrogen-bond donors (Lipinski definition) is 1. The lowest BCUT2D eigenvalue weighted by Gasteiger charge is -2.08. The molecule has 0 atom stereocenters. The number of nitrogens with zero attached hydrogens (tertiary/aromatic N) is 1. The number of esters is 1. The van der Waals surface area contributed by atoms with Gasteiger partial charge in [-0.2, -0.15) is 0 Å². The molecule has 1 amide bonds. The first-order chi connectivity index (χ1) is 11.3. The molecule has 0 spiro atoms. The maximum absolute atomic E-state index is 13.8. The fraction of sp³-hybridized carbons (Fsp3) is 0.0667. The van der Waals surface area contributed by atoms with Gasteiger partial charge in [0.25, 0.3) is 11.6 Å². The molecule has 0 aliphatic heterocycles. The quantitative estimate of drug-likeness (QED) is 0.484. The average molecular weight is 397 g/mol. The Hall–Kier alpha value is -2.81. The number of nitro benzene ring substituents is 1. The SMILES string of the molecule is COC(=O)c1ccc(F)c(NC(=O)c2ccc(Br)c([N+](=O)[O-])c2)c1. The Morgan fingerprint density at radius 1 is 1.21 bits per heavy atom. The fourth-order valence-corrected chi connectivity index (χ4v) is 2.25. The zero-order chi connectivity index (χ0) is 17.9. The highest BCUT2D eigenvalue weighted by atomic mass is 79.9. The molecule has 9 heteroatoms. The van der Waals surface area contributed by atoms with Crippen LogP contribution in [0.3, 0.4) is 0 Å². The lowest BCUT2D eigenvalue weighted by Crippen LogP contribution is -2.14. The number of rotatable bonds is 4. The number of methoxy groups -OCH3 is 1. The highest BCUT2D eigenvalue weighted by Gasteiger charge is 2.18. The zero-order valence-electron chi connectivity index (χ0n) is 12.2. The van der Waals surface area contributed by atoms with E-state index in [1.807, 2.05) is 0 Å². The summed E-state index contributed by atoms with van der Waals surface area (Å²) >= 11 is 3.01. The van der Waals surface area contributed by atoms with E-state index in [0.29, 0.717) is 0 Å². The topological polar surface area (TPSA) is 98.5 Å². The second-order valence-corrected chi connectivity index (χ2v) is 5.42. The molecule has 2 rings (SSSR count). The molecule has 24 heavy (non-hydrogen) atoms. The van der Waals surface area contributed by atoms with Crippen LogP contribution in [0.4, 0.5) is 15.8 Å². The molecular formula is C15H10BrFN2O5. The van der Waals surface area contributed by atoms with E-state index in [-0.39, 0.29) is 27.0 Å². The number of anilines is 1. The van der Waals surface area contributed by atoms with Crippen LogP contribution >= 0.6 is 15.9 Å². The summed E-state index contributed by atoms with van der Waals surface area (Å²) < 4.78 is 18.5. The van der Waals surface area contributed by atoms with Gasteiger partial charge in [-0.15, -0.1) is 0 Å². The van der Waals surface area contributed by atoms with Gasteiger partial charge in [0, 0.05) is 11.6 Å². The maximum atomic E-state index is 13.8. The minimum Gasteiger partial charge on any atom is -0.465 e. The second kappa shape index (κ2) is 7.18. The molecule has 7 nitrogen and oxygen atoms in total. The monoisotopic (exact) mass is 396 g/mol. The van der Waals surface area contributed by atoms with Crippen molar-refractivity contribution < 1.29 is 23.6 Å². The molecule has 0 radical (unpaired) electrons. The third-order valence-electron chi connectivity index (χ3n) is 3.04. The molecular weight excluding hydrogens is 387 g/mol. The molecule has 0 unspecified atom stereocenters. The van der Waals surface area contributed by atoms with Crippen molar-refractivity contribution in [2.45, 2.75) is 0 Å². The molecule has 0 bridgehead atoms. The number of hydrogen-bond acceptors (Lipinski definition) is 5. The van der Waals surface area contributed by atoms with E-state index < -0.39 is 22.6 Å². The van der Waals surface area contributed by atoms with Crippen molar-refractivity contribution in [3.05, 3.63) is 67.9 Å². The number of amides is 1. The number of ether oxygens (including phenoxy) is 1. The van der Waals surface area contributed by atoms with Gasteiger partial charge >= 0.3 is 5.97 Å². The van der Waals surface area contributed by atoms with Crippen LogP contribution in [0.2, 0.25) is 0 Å². The van der Waals surface area contributed by atoms with Crippen molar-refractivity contribution >= 4 is 39.2 Å². The summed E-state index contributed by atoms with van der Waals surface area (Å²) in [5, 5.41) is 13.2. The molecule has 124 valence electrons. The number of nitrogens with one attached hydrogen (secondary N) is 1. The van der Waals surface area contributed by atoms with Crippen LogP contribution in [0.25, 0.3) is 0 Å². The Kier molecular flexibility index (Phi) is 5.24. The van der Waals surface area contributed by atoms with Gasteiger partial charge < -0.3 is 10.1 Å². The van der Waals surface area contributed by atoms with Crippen LogP contribution in [-0.4, -0.2) is 23.9 Å². The van der Waals surface area contributed by atoms with Crippen LogP contribution in [0, 0.1) is 15.9 Å². The first-order valence-corrected chi connectivity index (χ1v) is 7.26. The second-order valence-electron chi connectivity index (χ2n) is 4.56. The largest absolute Gasteiger partial charge is 0.465 e. The summed E-state index contributed by atoms with van der Waals surface area (Å²) in [5.41, 5.74) is -0.524. The van der Waals surface area contributed by atoms with E-state index >= 15 is 0 Å². The van der Waals surface area contributed by atoms with Gasteiger partial charge in [-0.3, -0.25) is 14.9 Å². The lowest BCUT2D eigenvalue weighted by atomic mass is 10.1. The minimum absolute atomic E-state index is 0.0345. The Bertz CT molecular complexity index is 841. The highest BCUT2D eigenvalue weighted by molar-refractivity contribution is 9.10. The summed E-state index contributed by atoms with van der Waals surface area (Å²) in [5.74, 6) is -2.21. The summed E-state index contributed by atoms with van der Waals surface area (Å²) in [4.78, 5) is 33.9. The summed E-state index contributed by atoms with van der Waals surface area (Å²) in [7, 11) is 1.17. The molecule has 2 aromatic rings. The Morgan fingerprint density at radius 2 is 1.88 bits per heavy atom. The van der Waals surface area contributed by atoms with Crippen molar-refractivity contribution in [1.82, 2.24) is 0 Å². The first-order valence-electron chi connectivity index (χ1n) is 6.46. The lowest BCUT2D eigenvalue weighted by molar-refractivity contribution is -0.385. The highest BCUT2D eigenvalue weighted by Crippen LogP contribution is 2.26. The van der Waals surface area contributed by atoms with E-state index in [9.17, 15) is 24.1 Å². The molecule has 0 aliphatic rings. The van der Waals surface area contributed by atoms with Gasteiger partial charge in [-0.1, -0.05) is 0 Å². The number of halogens is 2. The standard InChI is InChI=1S/C15H10BrFN2O5/c1-24-15(21)9-3-5-11(17)12(6-9)18-14(20)8-2-4-10(16)13(7-8)19(22)23/h2-7H,1H3,(H,18,20). The number of benzene rings is 2. The molecule has 0 fully saturated rings. The normalized spacial score (nSPS) is 10.1. The Balaban J connectivity index is 2.31. The third kappa shape index (κ3) is 3.74. The van der Waals surface area contributed by atoms with Crippen LogP contribution in [0.1, 0.15) is 20.7 Å². The van der Waals surface area contributed by atoms with Crippen LogP contribution < -0.4 is 5.32 Å². The van der Waals surface area contributed by atoms with Gasteiger partial charge in [0.15, 0.2) is 0 Å². The first kappa shape index (κ1) is 17.5. The van der Waals surface area contributed by atoms with Crippen molar-refractivity contribution in [2.24, 2.45) is 0 Å². The molecule has 0 saturated carbocycles. The van der Waals surface area contributed by atoms with Gasteiger partial charge in [0.1, 0.15) is 5.82 Å². The summed E-state index contributed by atoms with van der Waals surface area (Å²) in [6, 6.07) is 7.07. The van der Waals surface area contributed by atoms with Gasteiger partial charge in [-0.05, 0) is 46.3 Å². The van der Waals surface area contributed by atoms with E-state index in [2.05, 4.69) is 26.0 Å². The van der Waals surface area contributed by atoms with Gasteiger partial charge in [0.2, 0.25) is 0 Å². The third-order valence-corrected chi connectivity index (χ3v) is 3.71. The van der Waals surface area contributed by atoms with Crippen molar-refractivity contribution in [1.29, 1.82) is 0 Å². The van der Waals surface area contributed by atoms with Crippen LogP contribution in [0.5, 0.6) is 0 Å². The maximum Gasteiger partial charge on any atom is 0.337 e. The molecule has 1 N–H and O–H groups in total. The minimum atomic E-state index is -0.761. The van der Waals surface area contributed by atoms with E-state index in [0.717, 1.165) is 18.2 Å². The Labute approximate surface area is 143 Å². The number of carbonyl (C=O) groups excluding carboxylic acids is 2. The fourth-order valence-electron chi connectivity index (χ4n) is 1.85. The zero-order valence-corrected chi connectivity index (χ0v) is 13.8. The molecule has 0 heterocycles. The number of carbonyl (C=O) groups is 2. The van der Waals surface area contributed by atoms with Crippen LogP contribution in [0.15, 0.2) is 40.9 Å². The Morgan fingerprint density at radius 3 is 2.50 bits per heavy atom. The summed E-state index contributed by atoms with van der Waals surface area (Å²) in [6.07, 6.45) is 0. The molecule has 0 saturated heterocycles. The number of nitro groups is 1. The van der Waals surface area contributed by atoms with Crippen molar-refractivity contribution in [2.75, 3.05) is 12.4 Å². The van der Waals surface area contributed by atoms with Crippen molar-refractivity contribution in [3.8, 4) is 0 Å². The predicted octanol–water partition coefficient (Wildman–Crippen LogP) is 3.54.